The van der Waals surface area contributed by atoms with Crippen LogP contribution in [-0.2, 0) is 25.5 Å². The van der Waals surface area contributed by atoms with Crippen molar-refractivity contribution in [1.82, 2.24) is 20.9 Å². The molecule has 0 radical (unpaired) electrons. The summed E-state index contributed by atoms with van der Waals surface area (Å²) in [5.41, 5.74) is 0.909. The van der Waals surface area contributed by atoms with E-state index >= 15 is 0 Å². The van der Waals surface area contributed by atoms with Crippen LogP contribution in [0, 0.1) is 11.8 Å². The quantitative estimate of drug-likeness (QED) is 0.441. The van der Waals surface area contributed by atoms with E-state index in [1.807, 2.05) is 44.2 Å². The van der Waals surface area contributed by atoms with E-state index < -0.39 is 30.1 Å². The lowest BCUT2D eigenvalue weighted by Gasteiger charge is -2.35. The van der Waals surface area contributed by atoms with E-state index in [0.717, 1.165) is 44.1 Å². The number of hydrogen-bond donors (Lipinski definition) is 4. The van der Waals surface area contributed by atoms with Crippen LogP contribution in [0.15, 0.2) is 30.3 Å². The molecule has 1 aliphatic carbocycles. The average Bonchev–Trinajstić information content (AvgIpc) is 2.94. The first kappa shape index (κ1) is 32.0. The van der Waals surface area contributed by atoms with E-state index in [2.05, 4.69) is 16.0 Å². The van der Waals surface area contributed by atoms with Gasteiger partial charge in [-0.25, -0.2) is 0 Å². The van der Waals surface area contributed by atoms with E-state index in [9.17, 15) is 19.5 Å². The maximum atomic E-state index is 13.7. The molecule has 9 nitrogen and oxygen atoms in total. The summed E-state index contributed by atoms with van der Waals surface area (Å²) >= 11 is 0. The van der Waals surface area contributed by atoms with E-state index in [1.165, 1.54) is 18.2 Å². The minimum Gasteiger partial charge on any atom is -0.391 e. The number of fused-ring (bicyclic) bond motifs is 1. The van der Waals surface area contributed by atoms with Gasteiger partial charge in [-0.1, -0.05) is 63.4 Å². The third kappa shape index (κ3) is 9.01. The van der Waals surface area contributed by atoms with Crippen LogP contribution in [0.1, 0.15) is 71.3 Å². The molecule has 0 bridgehead atoms. The van der Waals surface area contributed by atoms with Gasteiger partial charge in [-0.3, -0.25) is 14.4 Å². The third-order valence-electron chi connectivity index (χ3n) is 8.57. The van der Waals surface area contributed by atoms with Crippen LogP contribution in [0.5, 0.6) is 0 Å². The fourth-order valence-corrected chi connectivity index (χ4v) is 6.01. The highest BCUT2D eigenvalue weighted by molar-refractivity contribution is 5.93. The highest BCUT2D eigenvalue weighted by atomic mass is 16.5. The molecule has 1 aliphatic heterocycles. The number of ether oxygens (including phenoxy) is 1. The molecular weight excluding hydrogens is 508 g/mol. The second-order valence-corrected chi connectivity index (χ2v) is 11.6. The number of amides is 3. The summed E-state index contributed by atoms with van der Waals surface area (Å²) in [6.07, 6.45) is 6.45. The number of likely N-dealkylation sites (N-methyl/N-ethyl adjacent to an activating group) is 1. The first-order valence-electron chi connectivity index (χ1n) is 15.1. The van der Waals surface area contributed by atoms with Gasteiger partial charge in [0.15, 0.2) is 0 Å². The van der Waals surface area contributed by atoms with Gasteiger partial charge in [-0.15, -0.1) is 0 Å². The summed E-state index contributed by atoms with van der Waals surface area (Å²) in [6.45, 7) is 7.07. The zero-order valence-corrected chi connectivity index (χ0v) is 24.7. The van der Waals surface area contributed by atoms with Crippen LogP contribution in [-0.4, -0.2) is 84.8 Å². The minimum atomic E-state index is -1.15. The molecule has 1 aromatic carbocycles. The number of aliphatic hydroxyl groups is 1. The van der Waals surface area contributed by atoms with E-state index in [4.69, 9.17) is 4.74 Å². The summed E-state index contributed by atoms with van der Waals surface area (Å²) in [6, 6.07) is 7.00. The lowest BCUT2D eigenvalue weighted by molar-refractivity contribution is -0.146. The highest BCUT2D eigenvalue weighted by Gasteiger charge is 2.37. The molecule has 9 heteroatoms. The van der Waals surface area contributed by atoms with Gasteiger partial charge < -0.3 is 30.7 Å². The Morgan fingerprint density at radius 3 is 2.40 bits per heavy atom. The van der Waals surface area contributed by atoms with Crippen LogP contribution >= 0.6 is 0 Å². The number of nitrogens with zero attached hydrogens (tertiary/aromatic N) is 1. The molecule has 40 heavy (non-hydrogen) atoms. The summed E-state index contributed by atoms with van der Waals surface area (Å²) in [5.74, 6) is -0.630. The van der Waals surface area contributed by atoms with Gasteiger partial charge in [0, 0.05) is 26.6 Å². The molecule has 3 amide bonds. The number of hydrogen-bond acceptors (Lipinski definition) is 6. The first-order chi connectivity index (χ1) is 19.2. The highest BCUT2D eigenvalue weighted by Crippen LogP contribution is 2.30. The fourth-order valence-electron chi connectivity index (χ4n) is 6.01. The van der Waals surface area contributed by atoms with Gasteiger partial charge in [0.2, 0.25) is 17.7 Å². The van der Waals surface area contributed by atoms with Gasteiger partial charge in [0.05, 0.1) is 24.9 Å². The standard InChI is InChI=1S/C31H50N4O5/c1-5-21(2)27-31(39)35(4)28(22(3)36)30(38)34-25(20-23-12-7-6-8-13-23)29(37)33-17-11-15-24-14-9-10-16-26(24)40-19-18-32-27/h6-8,12-13,21-22,24-28,32,36H,5,9-11,14-20H2,1-4H3,(H,33,37)(H,34,38)/t21?,22?,24?,25-,26?,27+,28+/m1/s1. The molecule has 4 N–H and O–H groups in total. The largest absolute Gasteiger partial charge is 0.391 e. The minimum absolute atomic E-state index is 0.0114. The number of carbonyl (C=O) groups excluding carboxylic acids is 3. The van der Waals surface area contributed by atoms with Crippen molar-refractivity contribution in [2.45, 2.75) is 102 Å². The fraction of sp³-hybridized carbons (Fsp3) is 0.710. The summed E-state index contributed by atoms with van der Waals surface area (Å²) in [5, 5.41) is 19.9. The molecule has 1 saturated carbocycles. The van der Waals surface area contributed by atoms with Crippen molar-refractivity contribution in [3.8, 4) is 0 Å². The monoisotopic (exact) mass is 558 g/mol. The number of benzene rings is 1. The molecule has 2 aliphatic rings. The Morgan fingerprint density at radius 2 is 1.70 bits per heavy atom. The molecule has 3 rings (SSSR count). The molecule has 2 fully saturated rings. The van der Waals surface area contributed by atoms with Crippen LogP contribution in [0.2, 0.25) is 0 Å². The average molecular weight is 559 g/mol. The van der Waals surface area contributed by atoms with Crippen molar-refractivity contribution >= 4 is 17.7 Å². The Kier molecular flexibility index (Phi) is 12.9. The summed E-state index contributed by atoms with van der Waals surface area (Å²) in [7, 11) is 1.55. The Hall–Kier alpha value is -2.49. The number of nitrogens with one attached hydrogen (secondary N) is 3. The van der Waals surface area contributed by atoms with Crippen LogP contribution < -0.4 is 16.0 Å². The number of aliphatic hydroxyl groups excluding tert-OH is 1. The van der Waals surface area contributed by atoms with Gasteiger partial charge in [-0.2, -0.15) is 0 Å². The van der Waals surface area contributed by atoms with Crippen molar-refractivity contribution in [2.24, 2.45) is 11.8 Å². The molecule has 0 spiro atoms. The predicted octanol–water partition coefficient (Wildman–Crippen LogP) is 2.41. The van der Waals surface area contributed by atoms with E-state index in [-0.39, 0.29) is 23.8 Å². The topological polar surface area (TPSA) is 120 Å². The van der Waals surface area contributed by atoms with Crippen LogP contribution in [0.4, 0.5) is 0 Å². The molecule has 1 saturated heterocycles. The van der Waals surface area contributed by atoms with E-state index in [0.29, 0.717) is 32.0 Å². The van der Waals surface area contributed by atoms with Crippen LogP contribution in [0.3, 0.4) is 0 Å². The van der Waals surface area contributed by atoms with Crippen LogP contribution in [0.25, 0.3) is 0 Å². The molecule has 4 unspecified atom stereocenters. The third-order valence-corrected chi connectivity index (χ3v) is 8.57. The Morgan fingerprint density at radius 1 is 1.00 bits per heavy atom. The Bertz CT molecular complexity index is 943. The molecule has 1 heterocycles. The van der Waals surface area contributed by atoms with Crippen molar-refractivity contribution in [1.29, 1.82) is 0 Å². The zero-order chi connectivity index (χ0) is 29.1. The second-order valence-electron chi connectivity index (χ2n) is 11.6. The van der Waals surface area contributed by atoms with Gasteiger partial charge >= 0.3 is 0 Å². The predicted molar refractivity (Wildman–Crippen MR) is 156 cm³/mol. The van der Waals surface area contributed by atoms with Gasteiger partial charge in [-0.05, 0) is 50.0 Å². The smallest absolute Gasteiger partial charge is 0.246 e. The van der Waals surface area contributed by atoms with Crippen molar-refractivity contribution in [2.75, 3.05) is 26.7 Å². The maximum Gasteiger partial charge on any atom is 0.246 e. The van der Waals surface area contributed by atoms with E-state index in [1.54, 1.807) is 7.05 Å². The number of carbonyl (C=O) groups is 3. The lowest BCUT2D eigenvalue weighted by atomic mass is 9.83. The van der Waals surface area contributed by atoms with Crippen molar-refractivity contribution in [3.63, 3.8) is 0 Å². The first-order valence-corrected chi connectivity index (χ1v) is 15.1. The van der Waals surface area contributed by atoms with Crippen molar-refractivity contribution in [3.05, 3.63) is 35.9 Å². The molecule has 0 aromatic heterocycles. The molecule has 224 valence electrons. The Balaban J connectivity index is 1.87. The maximum absolute atomic E-state index is 13.7. The summed E-state index contributed by atoms with van der Waals surface area (Å²) < 4.78 is 6.32. The number of rotatable bonds is 5. The molecule has 7 atom stereocenters. The zero-order valence-electron chi connectivity index (χ0n) is 24.7. The second kappa shape index (κ2) is 16.1. The van der Waals surface area contributed by atoms with Gasteiger partial charge in [0.25, 0.3) is 0 Å². The van der Waals surface area contributed by atoms with Gasteiger partial charge in [0.1, 0.15) is 12.1 Å². The SMILES string of the molecule is CCC(C)[C@@H]1NCCOC2CCCCC2CCCNC(=O)[C@@H](Cc2ccccc2)NC(=O)[C@H](C(C)O)N(C)C1=O. The van der Waals surface area contributed by atoms with Crippen molar-refractivity contribution < 1.29 is 24.2 Å². The molecule has 1 aromatic rings. The Labute approximate surface area is 239 Å². The summed E-state index contributed by atoms with van der Waals surface area (Å²) in [4.78, 5) is 41.9. The molecular formula is C31H50N4O5. The lowest BCUT2D eigenvalue weighted by Crippen LogP contribution is -2.61. The normalized spacial score (nSPS) is 29.8.